The number of para-hydroxylation sites is 1. The highest BCUT2D eigenvalue weighted by molar-refractivity contribution is 5.91. The molecule has 0 N–H and O–H groups in total. The Morgan fingerprint density at radius 1 is 1.30 bits per heavy atom. The molecule has 7 heteroatoms. The van der Waals surface area contributed by atoms with Gasteiger partial charge in [-0.05, 0) is 38.5 Å². The van der Waals surface area contributed by atoms with Crippen LogP contribution in [-0.4, -0.2) is 36.9 Å². The van der Waals surface area contributed by atoms with Crippen LogP contribution >= 0.6 is 0 Å². The quantitative estimate of drug-likeness (QED) is 0.539. The number of hydrogen-bond donors (Lipinski definition) is 0. The minimum Gasteiger partial charge on any atom is -0.459 e. The molecule has 138 valence electrons. The number of furan rings is 1. The molecule has 1 aromatic carbocycles. The summed E-state index contributed by atoms with van der Waals surface area (Å²) in [6, 6.07) is 11.4. The van der Waals surface area contributed by atoms with Crippen LogP contribution in [0.1, 0.15) is 48.4 Å². The highest BCUT2D eigenvalue weighted by Crippen LogP contribution is 2.28. The predicted molar refractivity (Wildman–Crippen MR) is 101 cm³/mol. The molecule has 4 aromatic rings. The van der Waals surface area contributed by atoms with Crippen LogP contribution in [0.5, 0.6) is 0 Å². The van der Waals surface area contributed by atoms with Crippen LogP contribution in [0, 0.1) is 6.92 Å². The molecule has 7 nitrogen and oxygen atoms in total. The fourth-order valence-electron chi connectivity index (χ4n) is 3.20. The van der Waals surface area contributed by atoms with Gasteiger partial charge >= 0.3 is 0 Å². The van der Waals surface area contributed by atoms with E-state index in [-0.39, 0.29) is 17.8 Å². The molecule has 0 aliphatic heterocycles. The predicted octanol–water partition coefficient (Wildman–Crippen LogP) is 3.79. The van der Waals surface area contributed by atoms with Gasteiger partial charge in [0.15, 0.2) is 0 Å². The fourth-order valence-corrected chi connectivity index (χ4v) is 3.20. The largest absolute Gasteiger partial charge is 0.459 e. The van der Waals surface area contributed by atoms with Crippen molar-refractivity contribution in [1.82, 2.24) is 24.5 Å². The second kappa shape index (κ2) is 6.83. The molecule has 1 amide bonds. The van der Waals surface area contributed by atoms with Crippen molar-refractivity contribution >= 4 is 22.7 Å². The highest BCUT2D eigenvalue weighted by Gasteiger charge is 2.27. The molecule has 3 heterocycles. The van der Waals surface area contributed by atoms with Crippen molar-refractivity contribution in [3.05, 3.63) is 59.9 Å². The molecule has 1 unspecified atom stereocenters. The molecule has 0 aliphatic carbocycles. The summed E-state index contributed by atoms with van der Waals surface area (Å²) in [7, 11) is 0. The average molecular weight is 363 g/mol. The molecule has 3 aromatic heterocycles. The molecule has 1 atom stereocenters. The second-order valence-electron chi connectivity index (χ2n) is 6.59. The first kappa shape index (κ1) is 17.2. The third kappa shape index (κ3) is 3.05. The summed E-state index contributed by atoms with van der Waals surface area (Å²) < 4.78 is 7.56. The molecule has 0 spiro atoms. The minimum absolute atomic E-state index is 0.146. The molecule has 0 saturated carbocycles. The molecular formula is C20H21N5O2. The molecule has 0 fully saturated rings. The van der Waals surface area contributed by atoms with Crippen LogP contribution < -0.4 is 0 Å². The van der Waals surface area contributed by atoms with E-state index in [9.17, 15) is 4.79 Å². The van der Waals surface area contributed by atoms with E-state index in [1.807, 2.05) is 57.2 Å². The summed E-state index contributed by atoms with van der Waals surface area (Å²) >= 11 is 0. The van der Waals surface area contributed by atoms with E-state index in [0.717, 1.165) is 28.8 Å². The van der Waals surface area contributed by atoms with E-state index in [0.29, 0.717) is 12.3 Å². The number of hydrogen-bond acceptors (Lipinski definition) is 5. The Hall–Kier alpha value is -3.22. The number of carbonyl (C=O) groups excluding carboxylic acids is 1. The Balaban J connectivity index is 1.69. The van der Waals surface area contributed by atoms with E-state index in [2.05, 4.69) is 15.1 Å². The van der Waals surface area contributed by atoms with Crippen molar-refractivity contribution in [3.8, 4) is 0 Å². The lowest BCUT2D eigenvalue weighted by Crippen LogP contribution is -2.35. The Labute approximate surface area is 156 Å². The van der Waals surface area contributed by atoms with Gasteiger partial charge in [0.25, 0.3) is 11.7 Å². The fraction of sp³-hybridized carbons (Fsp3) is 0.300. The zero-order chi connectivity index (χ0) is 19.0. The van der Waals surface area contributed by atoms with Crippen LogP contribution in [0.3, 0.4) is 0 Å². The Morgan fingerprint density at radius 2 is 2.11 bits per heavy atom. The minimum atomic E-state index is -0.231. The van der Waals surface area contributed by atoms with Crippen LogP contribution in [-0.2, 0) is 0 Å². The number of nitrogens with zero attached hydrogens (tertiary/aromatic N) is 5. The van der Waals surface area contributed by atoms with Gasteiger partial charge in [-0.2, -0.15) is 4.98 Å². The second-order valence-corrected chi connectivity index (χ2v) is 6.59. The summed E-state index contributed by atoms with van der Waals surface area (Å²) in [6.45, 7) is 6.48. The maximum Gasteiger partial charge on any atom is 0.294 e. The first-order valence-electron chi connectivity index (χ1n) is 9.06. The standard InChI is InChI=1S/C20H21N5O2/c1-4-11-24(14(3)17-12-15-7-5-6-8-16(15)27-17)19(26)18-22-20-21-10-9-13(2)25(20)23-18/h5-10,12,14H,4,11H2,1-3H3. The van der Waals surface area contributed by atoms with Crippen molar-refractivity contribution < 1.29 is 9.21 Å². The van der Waals surface area contributed by atoms with Gasteiger partial charge in [0.2, 0.25) is 5.82 Å². The zero-order valence-corrected chi connectivity index (χ0v) is 15.6. The van der Waals surface area contributed by atoms with E-state index in [1.165, 1.54) is 0 Å². The molecular weight excluding hydrogens is 342 g/mol. The maximum absolute atomic E-state index is 13.2. The van der Waals surface area contributed by atoms with Crippen LogP contribution in [0.15, 0.2) is 47.0 Å². The normalized spacial score (nSPS) is 12.6. The number of fused-ring (bicyclic) bond motifs is 2. The Morgan fingerprint density at radius 3 is 2.85 bits per heavy atom. The number of carbonyl (C=O) groups is 1. The maximum atomic E-state index is 13.2. The number of rotatable bonds is 5. The van der Waals surface area contributed by atoms with Gasteiger partial charge in [-0.3, -0.25) is 4.79 Å². The van der Waals surface area contributed by atoms with E-state index in [4.69, 9.17) is 4.42 Å². The van der Waals surface area contributed by atoms with Crippen molar-refractivity contribution in [1.29, 1.82) is 0 Å². The molecule has 27 heavy (non-hydrogen) atoms. The summed E-state index contributed by atoms with van der Waals surface area (Å²) in [4.78, 5) is 23.4. The zero-order valence-electron chi connectivity index (χ0n) is 15.6. The molecule has 0 bridgehead atoms. The van der Waals surface area contributed by atoms with Crippen molar-refractivity contribution in [3.63, 3.8) is 0 Å². The van der Waals surface area contributed by atoms with Gasteiger partial charge in [-0.1, -0.05) is 25.1 Å². The topological polar surface area (TPSA) is 76.5 Å². The van der Waals surface area contributed by atoms with Gasteiger partial charge in [0, 0.05) is 23.8 Å². The first-order valence-corrected chi connectivity index (χ1v) is 9.06. The molecule has 0 aliphatic rings. The molecule has 4 rings (SSSR count). The summed E-state index contributed by atoms with van der Waals surface area (Å²) in [5, 5.41) is 5.38. The van der Waals surface area contributed by atoms with E-state index in [1.54, 1.807) is 15.6 Å². The summed E-state index contributed by atoms with van der Waals surface area (Å²) in [6.07, 6.45) is 2.48. The highest BCUT2D eigenvalue weighted by atomic mass is 16.3. The smallest absolute Gasteiger partial charge is 0.294 e. The van der Waals surface area contributed by atoms with Crippen molar-refractivity contribution in [2.45, 2.75) is 33.2 Å². The molecule has 0 saturated heterocycles. The lowest BCUT2D eigenvalue weighted by Gasteiger charge is -2.26. The van der Waals surface area contributed by atoms with Gasteiger partial charge in [-0.15, -0.1) is 5.10 Å². The summed E-state index contributed by atoms with van der Waals surface area (Å²) in [5.74, 6) is 1.09. The van der Waals surface area contributed by atoms with Gasteiger partial charge in [0.05, 0.1) is 6.04 Å². The Kier molecular flexibility index (Phi) is 4.35. The van der Waals surface area contributed by atoms with Crippen molar-refractivity contribution in [2.24, 2.45) is 0 Å². The third-order valence-corrected chi connectivity index (χ3v) is 4.67. The van der Waals surface area contributed by atoms with E-state index >= 15 is 0 Å². The number of aryl methyl sites for hydroxylation is 1. The summed E-state index contributed by atoms with van der Waals surface area (Å²) in [5.41, 5.74) is 1.69. The van der Waals surface area contributed by atoms with Crippen LogP contribution in [0.25, 0.3) is 16.7 Å². The third-order valence-electron chi connectivity index (χ3n) is 4.67. The van der Waals surface area contributed by atoms with Gasteiger partial charge < -0.3 is 9.32 Å². The van der Waals surface area contributed by atoms with Gasteiger partial charge in [0.1, 0.15) is 11.3 Å². The van der Waals surface area contributed by atoms with E-state index < -0.39 is 0 Å². The Bertz CT molecular complexity index is 1080. The number of benzene rings is 1. The lowest BCUT2D eigenvalue weighted by atomic mass is 10.1. The van der Waals surface area contributed by atoms with Crippen molar-refractivity contribution in [2.75, 3.05) is 6.54 Å². The average Bonchev–Trinajstić information content (AvgIpc) is 3.30. The van der Waals surface area contributed by atoms with Crippen LogP contribution in [0.4, 0.5) is 0 Å². The molecule has 0 radical (unpaired) electrons. The monoisotopic (exact) mass is 363 g/mol. The van der Waals surface area contributed by atoms with Crippen LogP contribution in [0.2, 0.25) is 0 Å². The van der Waals surface area contributed by atoms with Gasteiger partial charge in [-0.25, -0.2) is 9.50 Å². The SMILES string of the molecule is CCCN(C(=O)c1nc2nccc(C)n2n1)C(C)c1cc2ccccc2o1. The lowest BCUT2D eigenvalue weighted by molar-refractivity contribution is 0.0660. The first-order chi connectivity index (χ1) is 13.1. The number of aromatic nitrogens is 4. The number of amides is 1.